The largest absolute Gasteiger partial charge is 0.416 e. The van der Waals surface area contributed by atoms with E-state index in [1.807, 2.05) is 25.1 Å². The lowest BCUT2D eigenvalue weighted by Gasteiger charge is -2.10. The van der Waals surface area contributed by atoms with Crippen molar-refractivity contribution in [3.8, 4) is 11.3 Å². The molecule has 1 aliphatic carbocycles. The van der Waals surface area contributed by atoms with Crippen molar-refractivity contribution in [2.24, 2.45) is 0 Å². The molecule has 0 atom stereocenters. The van der Waals surface area contributed by atoms with Crippen LogP contribution < -0.4 is 5.32 Å². The van der Waals surface area contributed by atoms with Crippen molar-refractivity contribution >= 4 is 22.3 Å². The normalized spacial score (nSPS) is 12.2. The smallest absolute Gasteiger partial charge is 0.340 e. The summed E-state index contributed by atoms with van der Waals surface area (Å²) in [5.74, 6) is 0.637. The van der Waals surface area contributed by atoms with Crippen molar-refractivity contribution < 1.29 is 13.2 Å². The lowest BCUT2D eigenvalue weighted by Crippen LogP contribution is -2.05. The summed E-state index contributed by atoms with van der Waals surface area (Å²) in [6.45, 7) is 2.02. The first-order valence-corrected chi connectivity index (χ1v) is 7.45. The molecule has 2 aromatic rings. The lowest BCUT2D eigenvalue weighted by molar-refractivity contribution is -0.137. The van der Waals surface area contributed by atoms with Gasteiger partial charge in [0.05, 0.1) is 11.3 Å². The van der Waals surface area contributed by atoms with E-state index in [0.29, 0.717) is 11.5 Å². The number of alkyl halides is 3. The number of hydrogen-bond acceptors (Lipinski definition) is 1. The van der Waals surface area contributed by atoms with Crippen LogP contribution in [0.4, 0.5) is 24.7 Å². The maximum absolute atomic E-state index is 12.8. The number of aromatic nitrogens is 2. The third-order valence-corrected chi connectivity index (χ3v) is 4.09. The fourth-order valence-corrected chi connectivity index (χ4v) is 2.93. The van der Waals surface area contributed by atoms with Gasteiger partial charge in [-0.15, -0.1) is 0 Å². The standard InChI is InChI=1S/C18H14F3N3/c1-10-5-6-11-8-15-16(14(11)7-10)23-24-17(15)22-13-4-2-3-12(9-13)18(19,20)21/h2-9,22-24H,1H3. The molecule has 24 heavy (non-hydrogen) atoms. The van der Waals surface area contributed by atoms with Crippen molar-refractivity contribution in [1.29, 1.82) is 0 Å². The summed E-state index contributed by atoms with van der Waals surface area (Å²) in [6, 6.07) is 13.3. The van der Waals surface area contributed by atoms with Crippen LogP contribution in [-0.4, -0.2) is 10.2 Å². The van der Waals surface area contributed by atoms with Crippen molar-refractivity contribution in [3.63, 3.8) is 0 Å². The molecule has 122 valence electrons. The van der Waals surface area contributed by atoms with Gasteiger partial charge < -0.3 is 5.32 Å². The minimum atomic E-state index is -4.36. The lowest BCUT2D eigenvalue weighted by atomic mass is 10.1. The van der Waals surface area contributed by atoms with Gasteiger partial charge in [-0.05, 0) is 42.6 Å². The molecular formula is C18H14F3N3. The molecule has 0 saturated heterocycles. The van der Waals surface area contributed by atoms with Crippen molar-refractivity contribution in [1.82, 2.24) is 10.2 Å². The Morgan fingerprint density at radius 2 is 1.79 bits per heavy atom. The number of halogens is 3. The monoisotopic (exact) mass is 329 g/mol. The first-order valence-electron chi connectivity index (χ1n) is 7.45. The summed E-state index contributed by atoms with van der Waals surface area (Å²) < 4.78 is 38.5. The van der Waals surface area contributed by atoms with Crippen LogP contribution >= 0.6 is 0 Å². The summed E-state index contributed by atoms with van der Waals surface area (Å²) in [7, 11) is 0. The Morgan fingerprint density at radius 3 is 2.58 bits per heavy atom. The fourth-order valence-electron chi connectivity index (χ4n) is 2.93. The van der Waals surface area contributed by atoms with Crippen molar-refractivity contribution in [3.05, 3.63) is 59.7 Å². The first kappa shape index (κ1) is 14.7. The van der Waals surface area contributed by atoms with E-state index in [2.05, 4.69) is 21.6 Å². The Morgan fingerprint density at radius 1 is 0.958 bits per heavy atom. The van der Waals surface area contributed by atoms with Crippen LogP contribution in [-0.2, 0) is 6.18 Å². The highest BCUT2D eigenvalue weighted by atomic mass is 19.4. The van der Waals surface area contributed by atoms with Crippen LogP contribution in [0, 0.1) is 6.92 Å². The summed E-state index contributed by atoms with van der Waals surface area (Å²) in [6.07, 6.45) is -4.36. The molecule has 6 heteroatoms. The summed E-state index contributed by atoms with van der Waals surface area (Å²) in [4.78, 5) is 0. The van der Waals surface area contributed by atoms with Crippen LogP contribution in [0.3, 0.4) is 0 Å². The van der Waals surface area contributed by atoms with E-state index in [-0.39, 0.29) is 0 Å². The molecule has 3 N–H and O–H groups in total. The highest BCUT2D eigenvalue weighted by molar-refractivity contribution is 6.04. The molecule has 0 bridgehead atoms. The average Bonchev–Trinajstić information content (AvgIpc) is 3.07. The number of hydrogen-bond donors (Lipinski definition) is 3. The zero-order chi connectivity index (χ0) is 16.9. The predicted octanol–water partition coefficient (Wildman–Crippen LogP) is 5.67. The van der Waals surface area contributed by atoms with Gasteiger partial charge in [0.2, 0.25) is 0 Å². The fraction of sp³-hybridized carbons (Fsp3) is 0.111. The Kier molecular flexibility index (Phi) is 3.09. The van der Waals surface area contributed by atoms with Crippen LogP contribution in [0.2, 0.25) is 0 Å². The molecule has 0 amide bonds. The third-order valence-electron chi connectivity index (χ3n) is 4.09. The van der Waals surface area contributed by atoms with Gasteiger partial charge in [0, 0.05) is 16.6 Å². The minimum Gasteiger partial charge on any atom is -0.340 e. The molecule has 0 saturated carbocycles. The molecule has 0 fully saturated rings. The second-order valence-corrected chi connectivity index (χ2v) is 5.85. The number of aryl methyl sites for hydroxylation is 1. The Bertz CT molecular complexity index is 994. The van der Waals surface area contributed by atoms with Crippen LogP contribution in [0.1, 0.15) is 11.1 Å². The van der Waals surface area contributed by atoms with Gasteiger partial charge >= 0.3 is 6.18 Å². The molecule has 1 aliphatic heterocycles. The number of fused-ring (bicyclic) bond motifs is 3. The molecule has 0 unspecified atom stereocenters. The first-order chi connectivity index (χ1) is 11.4. The molecule has 4 rings (SSSR count). The number of H-pyrrole nitrogens is 2. The summed E-state index contributed by atoms with van der Waals surface area (Å²) in [5, 5.41) is 11.3. The highest BCUT2D eigenvalue weighted by Gasteiger charge is 2.30. The zero-order valence-corrected chi connectivity index (χ0v) is 12.8. The van der Waals surface area contributed by atoms with Crippen molar-refractivity contribution in [2.45, 2.75) is 13.1 Å². The molecule has 0 radical (unpaired) electrons. The number of nitrogens with one attached hydrogen (secondary N) is 3. The quantitative estimate of drug-likeness (QED) is 0.436. The van der Waals surface area contributed by atoms with Gasteiger partial charge in [-0.1, -0.05) is 23.8 Å². The third kappa shape index (κ3) is 2.40. The van der Waals surface area contributed by atoms with Crippen LogP contribution in [0.15, 0.2) is 48.5 Å². The van der Waals surface area contributed by atoms with Gasteiger partial charge in [0.15, 0.2) is 0 Å². The van der Waals surface area contributed by atoms with Gasteiger partial charge in [0.1, 0.15) is 5.82 Å². The topological polar surface area (TPSA) is 43.6 Å². The second-order valence-electron chi connectivity index (χ2n) is 5.85. The minimum absolute atomic E-state index is 0.378. The molecular weight excluding hydrogens is 315 g/mol. The molecule has 0 aromatic heterocycles. The Hall–Kier alpha value is -2.89. The van der Waals surface area contributed by atoms with E-state index >= 15 is 0 Å². The van der Waals surface area contributed by atoms with Crippen LogP contribution in [0.5, 0.6) is 0 Å². The van der Waals surface area contributed by atoms with Gasteiger partial charge in [-0.25, -0.2) is 0 Å². The molecule has 2 aromatic carbocycles. The summed E-state index contributed by atoms with van der Waals surface area (Å²) in [5.41, 5.74) is 2.69. The SMILES string of the molecule is Cc1ccc2cc3c(Nc4cccc(C(F)(F)F)c4)[nH][nH]c-3c2c1. The number of rotatable bonds is 2. The van der Waals surface area contributed by atoms with Gasteiger partial charge in [-0.3, -0.25) is 10.2 Å². The van der Waals surface area contributed by atoms with E-state index in [4.69, 9.17) is 0 Å². The number of aromatic amines is 2. The predicted molar refractivity (Wildman–Crippen MR) is 88.7 cm³/mol. The Labute approximate surface area is 135 Å². The highest BCUT2D eigenvalue weighted by Crippen LogP contribution is 2.39. The van der Waals surface area contributed by atoms with E-state index in [1.165, 1.54) is 6.07 Å². The average molecular weight is 329 g/mol. The Balaban J connectivity index is 1.72. The molecule has 2 aliphatic rings. The second kappa shape index (κ2) is 5.06. The molecule has 3 nitrogen and oxygen atoms in total. The molecule has 0 spiro atoms. The summed E-state index contributed by atoms with van der Waals surface area (Å²) >= 11 is 0. The maximum atomic E-state index is 12.8. The van der Waals surface area contributed by atoms with E-state index in [1.54, 1.807) is 6.07 Å². The number of anilines is 2. The molecule has 1 heterocycles. The van der Waals surface area contributed by atoms with E-state index in [0.717, 1.165) is 39.7 Å². The van der Waals surface area contributed by atoms with E-state index in [9.17, 15) is 13.2 Å². The van der Waals surface area contributed by atoms with Crippen molar-refractivity contribution in [2.75, 3.05) is 5.32 Å². The van der Waals surface area contributed by atoms with Crippen LogP contribution in [0.25, 0.3) is 22.0 Å². The van der Waals surface area contributed by atoms with E-state index < -0.39 is 11.7 Å². The van der Waals surface area contributed by atoms with Gasteiger partial charge in [0.25, 0.3) is 0 Å². The zero-order valence-electron chi connectivity index (χ0n) is 12.8. The maximum Gasteiger partial charge on any atom is 0.416 e. The van der Waals surface area contributed by atoms with Gasteiger partial charge in [-0.2, -0.15) is 13.2 Å². The number of benzene rings is 2.